The highest BCUT2D eigenvalue weighted by Crippen LogP contribution is 2.43. The van der Waals surface area contributed by atoms with Crippen LogP contribution in [0.1, 0.15) is 56.9 Å². The zero-order valence-electron chi connectivity index (χ0n) is 15.7. The van der Waals surface area contributed by atoms with Crippen molar-refractivity contribution in [1.82, 2.24) is 5.06 Å². The van der Waals surface area contributed by atoms with Crippen LogP contribution in [0.25, 0.3) is 0 Å². The van der Waals surface area contributed by atoms with Gasteiger partial charge >= 0.3 is 6.03 Å². The molecule has 0 radical (unpaired) electrons. The second-order valence-corrected chi connectivity index (χ2v) is 7.50. The van der Waals surface area contributed by atoms with E-state index in [0.717, 1.165) is 18.4 Å². The van der Waals surface area contributed by atoms with Crippen LogP contribution in [0.15, 0.2) is 18.2 Å². The standard InChI is InChI=1S/C20H27N3O4/c1-26-17-7-6-14(12-18(17)27-16-4-2-3-5-16)20(13-21)10-8-15(9-11-20)23(25)19(22)24/h6-7,12,15-16,25H,2-5,8-11H2,1H3,(H2,22,24). The fourth-order valence-electron chi connectivity index (χ4n) is 4.24. The molecule has 3 rings (SSSR count). The summed E-state index contributed by atoms with van der Waals surface area (Å²) in [5.41, 5.74) is 5.37. The number of hydrogen-bond acceptors (Lipinski definition) is 5. The van der Waals surface area contributed by atoms with E-state index < -0.39 is 11.4 Å². The molecule has 2 aliphatic carbocycles. The molecule has 0 atom stereocenters. The third-order valence-corrected chi connectivity index (χ3v) is 5.91. The maximum atomic E-state index is 11.2. The number of rotatable bonds is 5. The summed E-state index contributed by atoms with van der Waals surface area (Å²) in [6.45, 7) is 0. The summed E-state index contributed by atoms with van der Waals surface area (Å²) in [7, 11) is 1.61. The maximum Gasteiger partial charge on any atom is 0.338 e. The summed E-state index contributed by atoms with van der Waals surface area (Å²) >= 11 is 0. The number of primary amides is 1. The molecule has 0 spiro atoms. The molecule has 1 aromatic carbocycles. The smallest absolute Gasteiger partial charge is 0.338 e. The van der Waals surface area contributed by atoms with Gasteiger partial charge in [0.15, 0.2) is 11.5 Å². The van der Waals surface area contributed by atoms with Gasteiger partial charge in [-0.25, -0.2) is 9.86 Å². The molecule has 3 N–H and O–H groups in total. The van der Waals surface area contributed by atoms with Gasteiger partial charge in [-0.3, -0.25) is 5.21 Å². The lowest BCUT2D eigenvalue weighted by Crippen LogP contribution is -2.45. The molecular weight excluding hydrogens is 346 g/mol. The Labute approximate surface area is 159 Å². The van der Waals surface area contributed by atoms with Crippen molar-refractivity contribution < 1.29 is 19.5 Å². The number of nitrogens with two attached hydrogens (primary N) is 1. The van der Waals surface area contributed by atoms with Gasteiger partial charge in [0.05, 0.1) is 30.7 Å². The summed E-state index contributed by atoms with van der Waals surface area (Å²) in [5, 5.41) is 20.3. The summed E-state index contributed by atoms with van der Waals surface area (Å²) in [6, 6.07) is 6.94. The third kappa shape index (κ3) is 3.96. The van der Waals surface area contributed by atoms with Crippen LogP contribution in [-0.4, -0.2) is 35.6 Å². The Bertz CT molecular complexity index is 716. The lowest BCUT2D eigenvalue weighted by Gasteiger charge is -2.37. The molecule has 0 heterocycles. The second kappa shape index (κ2) is 8.05. The Hall–Kier alpha value is -2.46. The highest BCUT2D eigenvalue weighted by atomic mass is 16.5. The molecule has 0 bridgehead atoms. The number of amides is 2. The number of ether oxygens (including phenoxy) is 2. The molecule has 0 aliphatic heterocycles. The first-order valence-electron chi connectivity index (χ1n) is 9.53. The molecule has 27 heavy (non-hydrogen) atoms. The molecule has 2 saturated carbocycles. The van der Waals surface area contributed by atoms with Crippen molar-refractivity contribution in [2.24, 2.45) is 5.73 Å². The molecule has 2 fully saturated rings. The van der Waals surface area contributed by atoms with E-state index in [1.54, 1.807) is 7.11 Å². The fraction of sp³-hybridized carbons (Fsp3) is 0.600. The SMILES string of the molecule is COc1ccc(C2(C#N)CCC(N(O)C(N)=O)CC2)cc1OC1CCCC1. The van der Waals surface area contributed by atoms with Crippen LogP contribution in [0.3, 0.4) is 0 Å². The third-order valence-electron chi connectivity index (χ3n) is 5.91. The minimum atomic E-state index is -0.860. The van der Waals surface area contributed by atoms with E-state index >= 15 is 0 Å². The van der Waals surface area contributed by atoms with Crippen molar-refractivity contribution in [1.29, 1.82) is 5.26 Å². The van der Waals surface area contributed by atoms with Gasteiger partial charge in [0.1, 0.15) is 0 Å². The Morgan fingerprint density at radius 1 is 1.26 bits per heavy atom. The zero-order chi connectivity index (χ0) is 19.4. The summed E-state index contributed by atoms with van der Waals surface area (Å²) < 4.78 is 11.6. The molecule has 1 aromatic rings. The topological polar surface area (TPSA) is 109 Å². The molecule has 146 valence electrons. The Morgan fingerprint density at radius 3 is 2.48 bits per heavy atom. The van der Waals surface area contributed by atoms with Crippen LogP contribution in [0.5, 0.6) is 11.5 Å². The number of nitrogens with zero attached hydrogens (tertiary/aromatic N) is 2. The molecule has 0 aromatic heterocycles. The predicted molar refractivity (Wildman–Crippen MR) is 98.6 cm³/mol. The van der Waals surface area contributed by atoms with E-state index in [0.29, 0.717) is 42.2 Å². The van der Waals surface area contributed by atoms with E-state index in [1.807, 2.05) is 18.2 Å². The van der Waals surface area contributed by atoms with Crippen LogP contribution in [0.2, 0.25) is 0 Å². The van der Waals surface area contributed by atoms with Crippen molar-refractivity contribution in [2.75, 3.05) is 7.11 Å². The van der Waals surface area contributed by atoms with Gasteiger partial charge in [-0.1, -0.05) is 6.07 Å². The van der Waals surface area contributed by atoms with Crippen molar-refractivity contribution in [3.8, 4) is 17.6 Å². The number of carbonyl (C=O) groups excluding carboxylic acids is 1. The molecule has 2 aliphatic rings. The Kier molecular flexibility index (Phi) is 5.76. The lowest BCUT2D eigenvalue weighted by atomic mass is 9.69. The number of hydrogen-bond donors (Lipinski definition) is 2. The van der Waals surface area contributed by atoms with Gasteiger partial charge in [0.25, 0.3) is 0 Å². The van der Waals surface area contributed by atoms with Gasteiger partial charge < -0.3 is 15.2 Å². The number of methoxy groups -OCH3 is 1. The molecule has 0 unspecified atom stereocenters. The predicted octanol–water partition coefficient (Wildman–Crippen LogP) is 3.49. The fourth-order valence-corrected chi connectivity index (χ4v) is 4.24. The van der Waals surface area contributed by atoms with E-state index in [9.17, 15) is 15.3 Å². The minimum absolute atomic E-state index is 0.196. The van der Waals surface area contributed by atoms with E-state index in [1.165, 1.54) is 12.8 Å². The zero-order valence-corrected chi connectivity index (χ0v) is 15.7. The monoisotopic (exact) mass is 373 g/mol. The van der Waals surface area contributed by atoms with Gasteiger partial charge in [0.2, 0.25) is 0 Å². The van der Waals surface area contributed by atoms with Crippen LogP contribution >= 0.6 is 0 Å². The maximum absolute atomic E-state index is 11.2. The number of hydroxylamine groups is 2. The van der Waals surface area contributed by atoms with Crippen molar-refractivity contribution >= 4 is 6.03 Å². The van der Waals surface area contributed by atoms with Crippen molar-refractivity contribution in [2.45, 2.75) is 68.9 Å². The minimum Gasteiger partial charge on any atom is -0.493 e. The van der Waals surface area contributed by atoms with Gasteiger partial charge in [-0.05, 0) is 69.1 Å². The summed E-state index contributed by atoms with van der Waals surface area (Å²) in [5.74, 6) is 1.35. The summed E-state index contributed by atoms with van der Waals surface area (Å²) in [4.78, 5) is 11.2. The first-order valence-corrected chi connectivity index (χ1v) is 9.53. The number of carbonyl (C=O) groups is 1. The molecule has 2 amide bonds. The number of benzene rings is 1. The van der Waals surface area contributed by atoms with E-state index in [2.05, 4.69) is 6.07 Å². The van der Waals surface area contributed by atoms with Gasteiger partial charge in [-0.2, -0.15) is 5.26 Å². The highest BCUT2D eigenvalue weighted by molar-refractivity contribution is 5.70. The lowest BCUT2D eigenvalue weighted by molar-refractivity contribution is -0.0870. The van der Waals surface area contributed by atoms with Gasteiger partial charge in [-0.15, -0.1) is 0 Å². The van der Waals surface area contributed by atoms with Crippen molar-refractivity contribution in [3.63, 3.8) is 0 Å². The number of nitriles is 1. The van der Waals surface area contributed by atoms with E-state index in [-0.39, 0.29) is 12.1 Å². The average Bonchev–Trinajstić information content (AvgIpc) is 3.20. The Balaban J connectivity index is 1.81. The molecular formula is C20H27N3O4. The molecule has 7 nitrogen and oxygen atoms in total. The largest absolute Gasteiger partial charge is 0.493 e. The quantitative estimate of drug-likeness (QED) is 0.606. The molecule has 7 heteroatoms. The number of urea groups is 1. The summed E-state index contributed by atoms with van der Waals surface area (Å²) in [6.07, 6.45) is 6.72. The Morgan fingerprint density at radius 2 is 1.93 bits per heavy atom. The molecule has 0 saturated heterocycles. The second-order valence-electron chi connectivity index (χ2n) is 7.50. The van der Waals surface area contributed by atoms with Crippen LogP contribution < -0.4 is 15.2 Å². The average molecular weight is 373 g/mol. The van der Waals surface area contributed by atoms with Gasteiger partial charge in [0, 0.05) is 0 Å². The van der Waals surface area contributed by atoms with Crippen molar-refractivity contribution in [3.05, 3.63) is 23.8 Å². The first kappa shape index (κ1) is 19.3. The first-order chi connectivity index (χ1) is 13.0. The van der Waals surface area contributed by atoms with Crippen LogP contribution in [0, 0.1) is 11.3 Å². The van der Waals surface area contributed by atoms with E-state index in [4.69, 9.17) is 15.2 Å². The highest BCUT2D eigenvalue weighted by Gasteiger charge is 2.40. The normalized spacial score (nSPS) is 25.6. The van der Waals surface area contributed by atoms with Crippen LogP contribution in [-0.2, 0) is 5.41 Å². The van der Waals surface area contributed by atoms with Crippen LogP contribution in [0.4, 0.5) is 4.79 Å².